The van der Waals surface area contributed by atoms with Crippen LogP contribution in [-0.2, 0) is 9.59 Å². The highest BCUT2D eigenvalue weighted by atomic mass is 16.5. The van der Waals surface area contributed by atoms with Crippen LogP contribution in [-0.4, -0.2) is 42.5 Å². The number of nitrogens with one attached hydrogen (secondary N) is 1. The molecule has 2 amide bonds. The number of carbonyl (C=O) groups excluding carboxylic acids is 2. The van der Waals surface area contributed by atoms with Crippen molar-refractivity contribution in [3.63, 3.8) is 0 Å². The maximum absolute atomic E-state index is 12.6. The van der Waals surface area contributed by atoms with Gasteiger partial charge in [-0.15, -0.1) is 0 Å². The summed E-state index contributed by atoms with van der Waals surface area (Å²) in [6.07, 6.45) is 1.91. The second-order valence-corrected chi connectivity index (χ2v) is 7.56. The van der Waals surface area contributed by atoms with Crippen LogP contribution in [0.2, 0.25) is 0 Å². The quantitative estimate of drug-likeness (QED) is 0.807. The molecule has 1 aliphatic carbocycles. The number of benzene rings is 2. The van der Waals surface area contributed by atoms with E-state index in [1.165, 1.54) is 0 Å². The predicted molar refractivity (Wildman–Crippen MR) is 107 cm³/mol. The van der Waals surface area contributed by atoms with Gasteiger partial charge in [-0.2, -0.15) is 0 Å². The Morgan fingerprint density at radius 3 is 2.61 bits per heavy atom. The van der Waals surface area contributed by atoms with E-state index in [1.54, 1.807) is 23.1 Å². The lowest BCUT2D eigenvalue weighted by Crippen LogP contribution is -2.35. The first-order valence-corrected chi connectivity index (χ1v) is 9.72. The molecule has 4 rings (SSSR count). The fourth-order valence-electron chi connectivity index (χ4n) is 3.58. The molecule has 1 saturated heterocycles. The smallest absolute Gasteiger partial charge is 0.260 e. The van der Waals surface area contributed by atoms with Gasteiger partial charge in [0.2, 0.25) is 5.91 Å². The average Bonchev–Trinajstić information content (AvgIpc) is 3.49. The number of hydrogen-bond acceptors (Lipinski definition) is 4. The zero-order valence-corrected chi connectivity index (χ0v) is 15.7. The minimum atomic E-state index is -0.0821. The lowest BCUT2D eigenvalue weighted by molar-refractivity contribution is -0.132. The van der Waals surface area contributed by atoms with Gasteiger partial charge in [0, 0.05) is 42.7 Å². The first kappa shape index (κ1) is 18.5. The van der Waals surface area contributed by atoms with Gasteiger partial charge < -0.3 is 20.7 Å². The van der Waals surface area contributed by atoms with Gasteiger partial charge in [-0.25, -0.2) is 0 Å². The number of rotatable bonds is 6. The molecule has 1 heterocycles. The van der Waals surface area contributed by atoms with Crippen molar-refractivity contribution >= 4 is 17.5 Å². The summed E-state index contributed by atoms with van der Waals surface area (Å²) < 4.78 is 5.67. The number of carbonyl (C=O) groups is 2. The summed E-state index contributed by atoms with van der Waals surface area (Å²) in [7, 11) is 0. The molecule has 0 radical (unpaired) electrons. The van der Waals surface area contributed by atoms with Gasteiger partial charge in [0.15, 0.2) is 6.61 Å². The van der Waals surface area contributed by atoms with Crippen molar-refractivity contribution in [1.29, 1.82) is 0 Å². The molecule has 28 heavy (non-hydrogen) atoms. The van der Waals surface area contributed by atoms with Crippen molar-refractivity contribution in [2.45, 2.75) is 24.8 Å². The second-order valence-electron chi connectivity index (χ2n) is 7.56. The third kappa shape index (κ3) is 4.34. The van der Waals surface area contributed by atoms with Crippen LogP contribution in [0.5, 0.6) is 5.75 Å². The van der Waals surface area contributed by atoms with E-state index < -0.39 is 0 Å². The van der Waals surface area contributed by atoms with Crippen molar-refractivity contribution in [2.24, 2.45) is 11.7 Å². The molecular formula is C22H25N3O3. The molecule has 2 atom stereocenters. The van der Waals surface area contributed by atoms with Crippen molar-refractivity contribution in [1.82, 2.24) is 4.90 Å². The molecule has 3 N–H and O–H groups in total. The third-order valence-electron chi connectivity index (χ3n) is 5.36. The molecule has 1 aliphatic heterocycles. The number of anilines is 1. The van der Waals surface area contributed by atoms with Gasteiger partial charge >= 0.3 is 0 Å². The molecule has 0 aromatic heterocycles. The number of nitrogens with two attached hydrogens (primary N) is 1. The van der Waals surface area contributed by atoms with Gasteiger partial charge in [0.05, 0.1) is 0 Å². The Bertz CT molecular complexity index is 851. The van der Waals surface area contributed by atoms with E-state index in [2.05, 4.69) is 17.4 Å². The van der Waals surface area contributed by atoms with Crippen molar-refractivity contribution in [3.05, 3.63) is 60.2 Å². The Kier molecular flexibility index (Phi) is 5.30. The minimum Gasteiger partial charge on any atom is -0.484 e. The van der Waals surface area contributed by atoms with E-state index in [4.69, 9.17) is 10.5 Å². The Hall–Kier alpha value is -2.86. The summed E-state index contributed by atoms with van der Waals surface area (Å²) in [6.45, 7) is 1.08. The van der Waals surface area contributed by atoms with Crippen LogP contribution in [0.25, 0.3) is 0 Å². The summed E-state index contributed by atoms with van der Waals surface area (Å²) in [5.74, 6) is 0.812. The summed E-state index contributed by atoms with van der Waals surface area (Å²) in [5.41, 5.74) is 8.11. The van der Waals surface area contributed by atoms with Gasteiger partial charge in [0.1, 0.15) is 5.75 Å². The number of likely N-dealkylation sites (tertiary alicyclic amines) is 1. The molecule has 0 bridgehead atoms. The second kappa shape index (κ2) is 8.02. The zero-order valence-electron chi connectivity index (χ0n) is 15.7. The largest absolute Gasteiger partial charge is 0.484 e. The summed E-state index contributed by atoms with van der Waals surface area (Å²) in [6, 6.07) is 17.1. The SMILES string of the molecule is N[C@@H]1CN(C(=O)COc2cccc(NC(=O)C3CC3)c2)C[C@H]1c1ccccc1. The molecular weight excluding hydrogens is 354 g/mol. The van der Waals surface area contributed by atoms with Gasteiger partial charge in [-0.05, 0) is 30.5 Å². The summed E-state index contributed by atoms with van der Waals surface area (Å²) >= 11 is 0. The molecule has 2 aromatic rings. The zero-order chi connectivity index (χ0) is 19.5. The lowest BCUT2D eigenvalue weighted by Gasteiger charge is -2.17. The fourth-order valence-corrected chi connectivity index (χ4v) is 3.58. The molecule has 0 unspecified atom stereocenters. The van der Waals surface area contributed by atoms with E-state index in [0.717, 1.165) is 18.4 Å². The average molecular weight is 379 g/mol. The van der Waals surface area contributed by atoms with E-state index in [-0.39, 0.29) is 36.3 Å². The highest BCUT2D eigenvalue weighted by Crippen LogP contribution is 2.30. The lowest BCUT2D eigenvalue weighted by atomic mass is 9.95. The van der Waals surface area contributed by atoms with E-state index in [9.17, 15) is 9.59 Å². The monoisotopic (exact) mass is 379 g/mol. The minimum absolute atomic E-state index is 0.0474. The van der Waals surface area contributed by atoms with Crippen LogP contribution in [0.15, 0.2) is 54.6 Å². The van der Waals surface area contributed by atoms with Crippen LogP contribution >= 0.6 is 0 Å². The van der Waals surface area contributed by atoms with Crippen molar-refractivity contribution in [2.75, 3.05) is 25.0 Å². The standard InChI is InChI=1S/C22H25N3O3/c23-20-13-25(12-19(20)15-5-2-1-3-6-15)21(26)14-28-18-8-4-7-17(11-18)24-22(27)16-9-10-16/h1-8,11,16,19-20H,9-10,12-14,23H2,(H,24,27)/t19-,20+/m0/s1. The molecule has 6 nitrogen and oxygen atoms in total. The van der Waals surface area contributed by atoms with E-state index >= 15 is 0 Å². The maximum atomic E-state index is 12.6. The normalized spacial score (nSPS) is 21.4. The molecule has 2 aliphatic rings. The fraction of sp³-hybridized carbons (Fsp3) is 0.364. The third-order valence-corrected chi connectivity index (χ3v) is 5.36. The predicted octanol–water partition coefficient (Wildman–Crippen LogP) is 2.37. The van der Waals surface area contributed by atoms with Crippen molar-refractivity contribution in [3.8, 4) is 5.75 Å². The summed E-state index contributed by atoms with van der Waals surface area (Å²) in [4.78, 5) is 26.2. The number of ether oxygens (including phenoxy) is 1. The first-order chi connectivity index (χ1) is 13.6. The topological polar surface area (TPSA) is 84.7 Å². The Balaban J connectivity index is 1.31. The summed E-state index contributed by atoms with van der Waals surface area (Å²) in [5, 5.41) is 2.89. The number of hydrogen-bond donors (Lipinski definition) is 2. The van der Waals surface area contributed by atoms with Crippen LogP contribution in [0.1, 0.15) is 24.3 Å². The van der Waals surface area contributed by atoms with Crippen LogP contribution in [0, 0.1) is 5.92 Å². The van der Waals surface area contributed by atoms with E-state index in [1.807, 2.05) is 24.3 Å². The highest BCUT2D eigenvalue weighted by molar-refractivity contribution is 5.94. The molecule has 1 saturated carbocycles. The number of amides is 2. The molecule has 2 aromatic carbocycles. The van der Waals surface area contributed by atoms with Crippen molar-refractivity contribution < 1.29 is 14.3 Å². The highest BCUT2D eigenvalue weighted by Gasteiger charge is 2.34. The maximum Gasteiger partial charge on any atom is 0.260 e. The van der Waals surface area contributed by atoms with Crippen LogP contribution < -0.4 is 15.8 Å². The first-order valence-electron chi connectivity index (χ1n) is 9.72. The Morgan fingerprint density at radius 1 is 1.07 bits per heavy atom. The van der Waals surface area contributed by atoms with Crippen LogP contribution in [0.3, 0.4) is 0 Å². The van der Waals surface area contributed by atoms with E-state index in [0.29, 0.717) is 24.5 Å². The molecule has 2 fully saturated rings. The molecule has 6 heteroatoms. The Labute approximate surface area is 164 Å². The number of nitrogens with zero attached hydrogens (tertiary/aromatic N) is 1. The molecule has 146 valence electrons. The van der Waals surface area contributed by atoms with Gasteiger partial charge in [0.25, 0.3) is 5.91 Å². The molecule has 0 spiro atoms. The Morgan fingerprint density at radius 2 is 1.86 bits per heavy atom. The van der Waals surface area contributed by atoms with Crippen LogP contribution in [0.4, 0.5) is 5.69 Å². The van der Waals surface area contributed by atoms with Gasteiger partial charge in [-0.1, -0.05) is 36.4 Å². The van der Waals surface area contributed by atoms with Gasteiger partial charge in [-0.3, -0.25) is 9.59 Å².